The first-order chi connectivity index (χ1) is 9.42. The topological polar surface area (TPSA) is 80.0 Å². The molecule has 0 spiro atoms. The highest BCUT2D eigenvalue weighted by atomic mass is 32.1. The van der Waals surface area contributed by atoms with E-state index in [0.29, 0.717) is 5.13 Å². The Balaban J connectivity index is 2.25. The number of amides is 1. The van der Waals surface area contributed by atoms with Gasteiger partial charge in [-0.2, -0.15) is 0 Å². The van der Waals surface area contributed by atoms with Gasteiger partial charge in [-0.3, -0.25) is 16.0 Å². The lowest BCUT2D eigenvalue weighted by Crippen LogP contribution is -2.15. The van der Waals surface area contributed by atoms with Crippen LogP contribution in [0.3, 0.4) is 0 Å². The first-order valence-corrected chi connectivity index (χ1v) is 6.45. The monoisotopic (exact) mass is 298 g/mol. The minimum absolute atomic E-state index is 0.149. The Kier molecular flexibility index (Phi) is 3.96. The van der Waals surface area contributed by atoms with Crippen LogP contribution in [0.15, 0.2) is 12.1 Å². The first-order valence-electron chi connectivity index (χ1n) is 5.63. The number of hydrogen-bond donors (Lipinski definition) is 3. The number of benzene rings is 1. The number of halogens is 2. The third-order valence-corrected chi connectivity index (χ3v) is 3.69. The molecule has 0 fully saturated rings. The molecule has 8 heteroatoms. The van der Waals surface area contributed by atoms with Crippen LogP contribution < -0.4 is 16.6 Å². The van der Waals surface area contributed by atoms with Crippen LogP contribution >= 0.6 is 11.3 Å². The van der Waals surface area contributed by atoms with Gasteiger partial charge in [0.2, 0.25) is 0 Å². The molecule has 2 aromatic rings. The molecule has 1 aromatic heterocycles. The van der Waals surface area contributed by atoms with Crippen molar-refractivity contribution in [1.82, 2.24) is 4.98 Å². The van der Waals surface area contributed by atoms with Crippen molar-refractivity contribution in [2.24, 2.45) is 5.84 Å². The van der Waals surface area contributed by atoms with Crippen LogP contribution in [0.4, 0.5) is 19.6 Å². The molecule has 5 nitrogen and oxygen atoms in total. The maximum Gasteiger partial charge on any atom is 0.257 e. The average molecular weight is 298 g/mol. The molecule has 0 aliphatic heterocycles. The van der Waals surface area contributed by atoms with Gasteiger partial charge in [0.05, 0.1) is 5.69 Å². The molecule has 4 N–H and O–H groups in total. The minimum Gasteiger partial charge on any atom is -0.319 e. The molecule has 0 atom stereocenters. The highest BCUT2D eigenvalue weighted by Crippen LogP contribution is 2.23. The molecule has 0 unspecified atom stereocenters. The molecule has 0 aliphatic rings. The summed E-state index contributed by atoms with van der Waals surface area (Å²) in [6, 6.07) is 1.81. The second kappa shape index (κ2) is 5.51. The van der Waals surface area contributed by atoms with Crippen molar-refractivity contribution >= 4 is 28.1 Å². The number of hydrazine groups is 1. The molecule has 1 heterocycles. The standard InChI is InChI=1S/C12H12F2N4OS/c1-5-6(2)20-12(16-5)17-11(19)7-3-8(13)10(18-15)9(14)4-7/h3-4,18H,15H2,1-2H3,(H,16,17,19). The number of nitrogen functional groups attached to an aromatic ring is 1. The van der Waals surface area contributed by atoms with Crippen molar-refractivity contribution in [3.8, 4) is 0 Å². The largest absolute Gasteiger partial charge is 0.319 e. The molecule has 0 saturated heterocycles. The molecule has 1 amide bonds. The van der Waals surface area contributed by atoms with Crippen molar-refractivity contribution in [1.29, 1.82) is 0 Å². The van der Waals surface area contributed by atoms with Crippen LogP contribution in [0.2, 0.25) is 0 Å². The van der Waals surface area contributed by atoms with E-state index in [0.717, 1.165) is 22.7 Å². The summed E-state index contributed by atoms with van der Waals surface area (Å²) >= 11 is 1.29. The predicted molar refractivity (Wildman–Crippen MR) is 73.7 cm³/mol. The number of carbonyl (C=O) groups excluding carboxylic acids is 1. The van der Waals surface area contributed by atoms with E-state index in [1.165, 1.54) is 11.3 Å². The van der Waals surface area contributed by atoms with Gasteiger partial charge in [0, 0.05) is 10.4 Å². The Bertz CT molecular complexity index is 629. The van der Waals surface area contributed by atoms with Crippen LogP contribution in [0, 0.1) is 25.5 Å². The minimum atomic E-state index is -0.941. The van der Waals surface area contributed by atoms with Gasteiger partial charge in [0.1, 0.15) is 5.69 Å². The lowest BCUT2D eigenvalue weighted by atomic mass is 10.1. The molecule has 1 aromatic carbocycles. The van der Waals surface area contributed by atoms with Gasteiger partial charge in [-0.15, -0.1) is 11.3 Å². The molecular formula is C12H12F2N4OS. The quantitative estimate of drug-likeness (QED) is 0.601. The van der Waals surface area contributed by atoms with Gasteiger partial charge >= 0.3 is 0 Å². The van der Waals surface area contributed by atoms with Crippen molar-refractivity contribution in [2.45, 2.75) is 13.8 Å². The normalized spacial score (nSPS) is 10.4. The van der Waals surface area contributed by atoms with Crippen molar-refractivity contribution in [3.05, 3.63) is 39.9 Å². The second-order valence-corrected chi connectivity index (χ2v) is 5.28. The van der Waals surface area contributed by atoms with E-state index in [2.05, 4.69) is 10.3 Å². The zero-order valence-corrected chi connectivity index (χ0v) is 11.6. The van der Waals surface area contributed by atoms with E-state index < -0.39 is 23.2 Å². The Morgan fingerprint density at radius 2 is 1.90 bits per heavy atom. The van der Waals surface area contributed by atoms with Crippen LogP contribution in [0.1, 0.15) is 20.9 Å². The third kappa shape index (κ3) is 2.75. The Morgan fingerprint density at radius 1 is 1.30 bits per heavy atom. The van der Waals surface area contributed by atoms with E-state index in [-0.39, 0.29) is 5.56 Å². The third-order valence-electron chi connectivity index (χ3n) is 2.70. The number of nitrogens with zero attached hydrogens (tertiary/aromatic N) is 1. The molecule has 20 heavy (non-hydrogen) atoms. The molecule has 0 radical (unpaired) electrons. The number of rotatable bonds is 3. The summed E-state index contributed by atoms with van der Waals surface area (Å²) in [4.78, 5) is 17.0. The summed E-state index contributed by atoms with van der Waals surface area (Å²) in [5.41, 5.74) is 2.06. The van der Waals surface area contributed by atoms with E-state index in [4.69, 9.17) is 5.84 Å². The van der Waals surface area contributed by atoms with Crippen LogP contribution in [-0.4, -0.2) is 10.9 Å². The fourth-order valence-electron chi connectivity index (χ4n) is 1.54. The van der Waals surface area contributed by atoms with Crippen molar-refractivity contribution in [2.75, 3.05) is 10.7 Å². The number of aromatic nitrogens is 1. The second-order valence-electron chi connectivity index (χ2n) is 4.07. The molecule has 0 aliphatic carbocycles. The van der Waals surface area contributed by atoms with Crippen molar-refractivity contribution < 1.29 is 13.6 Å². The number of anilines is 2. The zero-order chi connectivity index (χ0) is 14.9. The highest BCUT2D eigenvalue weighted by Gasteiger charge is 2.16. The maximum absolute atomic E-state index is 13.5. The first kappa shape index (κ1) is 14.4. The van der Waals surface area contributed by atoms with Gasteiger partial charge in [-0.25, -0.2) is 13.8 Å². The van der Waals surface area contributed by atoms with Gasteiger partial charge in [-0.05, 0) is 26.0 Å². The molecule has 2 rings (SSSR count). The van der Waals surface area contributed by atoms with E-state index in [1.54, 1.807) is 0 Å². The molecule has 0 bridgehead atoms. The van der Waals surface area contributed by atoms with Crippen LogP contribution in [0.25, 0.3) is 0 Å². The van der Waals surface area contributed by atoms with Gasteiger partial charge in [0.25, 0.3) is 5.91 Å². The van der Waals surface area contributed by atoms with E-state index in [1.807, 2.05) is 19.3 Å². The fraction of sp³-hybridized carbons (Fsp3) is 0.167. The number of aryl methyl sites for hydroxylation is 2. The van der Waals surface area contributed by atoms with Crippen LogP contribution in [-0.2, 0) is 0 Å². The summed E-state index contributed by atoms with van der Waals surface area (Å²) in [6.45, 7) is 3.67. The number of nitrogens with two attached hydrogens (primary N) is 1. The Morgan fingerprint density at radius 3 is 2.35 bits per heavy atom. The van der Waals surface area contributed by atoms with Gasteiger partial charge in [-0.1, -0.05) is 0 Å². The molecule has 0 saturated carbocycles. The SMILES string of the molecule is Cc1nc(NC(=O)c2cc(F)c(NN)c(F)c2)sc1C. The smallest absolute Gasteiger partial charge is 0.257 e. The number of thiazole rings is 1. The van der Waals surface area contributed by atoms with E-state index >= 15 is 0 Å². The molecule has 106 valence electrons. The lowest BCUT2D eigenvalue weighted by molar-refractivity contribution is 0.102. The average Bonchev–Trinajstić information content (AvgIpc) is 2.67. The summed E-state index contributed by atoms with van der Waals surface area (Å²) < 4.78 is 27.0. The highest BCUT2D eigenvalue weighted by molar-refractivity contribution is 7.15. The Labute approximate surface area is 117 Å². The summed E-state index contributed by atoms with van der Waals surface area (Å²) in [6.07, 6.45) is 0. The number of hydrogen-bond acceptors (Lipinski definition) is 5. The van der Waals surface area contributed by atoms with E-state index in [9.17, 15) is 13.6 Å². The zero-order valence-electron chi connectivity index (χ0n) is 10.8. The van der Waals surface area contributed by atoms with Gasteiger partial charge in [0.15, 0.2) is 16.8 Å². The number of nitrogens with one attached hydrogen (secondary N) is 2. The summed E-state index contributed by atoms with van der Waals surface area (Å²) in [7, 11) is 0. The summed E-state index contributed by atoms with van der Waals surface area (Å²) in [5, 5.41) is 2.88. The van der Waals surface area contributed by atoms with Crippen LogP contribution in [0.5, 0.6) is 0 Å². The Hall–Kier alpha value is -2.06. The summed E-state index contributed by atoms with van der Waals surface area (Å²) in [5.74, 6) is 2.46. The predicted octanol–water partition coefficient (Wildman–Crippen LogP) is 2.58. The van der Waals surface area contributed by atoms with Gasteiger partial charge < -0.3 is 5.43 Å². The lowest BCUT2D eigenvalue weighted by Gasteiger charge is -2.07. The fourth-order valence-corrected chi connectivity index (χ4v) is 2.35. The molecular weight excluding hydrogens is 286 g/mol. The maximum atomic E-state index is 13.5. The van der Waals surface area contributed by atoms with Crippen molar-refractivity contribution in [3.63, 3.8) is 0 Å². The number of carbonyl (C=O) groups is 1.